The molecule has 1 aromatic carbocycles. The van der Waals surface area contributed by atoms with Crippen molar-refractivity contribution in [2.75, 3.05) is 19.5 Å². The first kappa shape index (κ1) is 24.6. The first-order chi connectivity index (χ1) is 14.4. The largest absolute Gasteiger partial charge is 0.493 e. The Morgan fingerprint density at radius 2 is 1.90 bits per heavy atom. The number of carbonyl (C=O) groups excluding carboxylic acids is 1. The topological polar surface area (TPSA) is 140 Å². The van der Waals surface area contributed by atoms with Gasteiger partial charge in [0.2, 0.25) is 5.88 Å². The van der Waals surface area contributed by atoms with Crippen LogP contribution in [0.4, 0.5) is 4.79 Å². The van der Waals surface area contributed by atoms with Crippen LogP contribution in [0.3, 0.4) is 0 Å². The molecule has 3 N–H and O–H groups in total. The Kier molecular flexibility index (Phi) is 8.04. The quantitative estimate of drug-likeness (QED) is 0.519. The minimum absolute atomic E-state index is 0.0656. The highest BCUT2D eigenvalue weighted by Gasteiger charge is 2.30. The second kappa shape index (κ2) is 10.1. The molecule has 0 saturated heterocycles. The number of amides is 1. The van der Waals surface area contributed by atoms with E-state index in [9.17, 15) is 23.4 Å². The van der Waals surface area contributed by atoms with Crippen molar-refractivity contribution in [3.8, 4) is 5.88 Å². The Balaban J connectivity index is 2.34. The van der Waals surface area contributed by atoms with Gasteiger partial charge in [-0.3, -0.25) is 0 Å². The van der Waals surface area contributed by atoms with Crippen molar-refractivity contribution in [1.82, 2.24) is 14.5 Å². The average molecular weight is 456 g/mol. The third-order valence-corrected chi connectivity index (χ3v) is 4.93. The van der Waals surface area contributed by atoms with Gasteiger partial charge in [0.15, 0.2) is 0 Å². The van der Waals surface area contributed by atoms with Gasteiger partial charge < -0.3 is 25.0 Å². The van der Waals surface area contributed by atoms with E-state index in [2.05, 4.69) is 10.4 Å². The van der Waals surface area contributed by atoms with E-state index >= 15 is 0 Å². The lowest BCUT2D eigenvalue weighted by Gasteiger charge is -2.23. The SMILES string of the molecule is CC(C)(C)OC(=O)N[C@@H](COCc1ccccc1)c1nn(S(C)(=O)=O)c(O)c1CCO. The molecule has 0 fully saturated rings. The van der Waals surface area contributed by atoms with E-state index in [0.717, 1.165) is 11.8 Å². The number of alkyl carbamates (subject to hydrolysis) is 1. The standard InChI is InChI=1S/C20H29N3O7S/c1-20(2,3)30-19(26)21-16(13-29-12-14-8-6-5-7-9-14)17-15(10-11-24)18(25)23(22-17)31(4,27)28/h5-9,16,24-25H,10-13H2,1-4H3,(H,21,26)/t16-/m0/s1. The second-order valence-electron chi connectivity index (χ2n) is 7.97. The zero-order chi connectivity index (χ0) is 23.2. The Morgan fingerprint density at radius 1 is 1.26 bits per heavy atom. The summed E-state index contributed by atoms with van der Waals surface area (Å²) in [6.45, 7) is 4.91. The summed E-state index contributed by atoms with van der Waals surface area (Å²) in [5, 5.41) is 26.4. The van der Waals surface area contributed by atoms with E-state index in [0.29, 0.717) is 4.09 Å². The monoisotopic (exact) mass is 455 g/mol. The average Bonchev–Trinajstić information content (AvgIpc) is 2.97. The highest BCUT2D eigenvalue weighted by atomic mass is 32.2. The summed E-state index contributed by atoms with van der Waals surface area (Å²) in [6.07, 6.45) is 0.0557. The smallest absolute Gasteiger partial charge is 0.408 e. The molecule has 2 rings (SSSR count). The number of aromatic hydroxyl groups is 1. The first-order valence-corrected chi connectivity index (χ1v) is 11.5. The van der Waals surface area contributed by atoms with Crippen LogP contribution in [0.2, 0.25) is 0 Å². The van der Waals surface area contributed by atoms with Crippen LogP contribution in [0, 0.1) is 0 Å². The van der Waals surface area contributed by atoms with Crippen molar-refractivity contribution in [2.45, 2.75) is 45.4 Å². The number of rotatable bonds is 9. The molecule has 1 atom stereocenters. The molecule has 11 heteroatoms. The van der Waals surface area contributed by atoms with E-state index in [1.165, 1.54) is 0 Å². The number of nitrogens with one attached hydrogen (secondary N) is 1. The van der Waals surface area contributed by atoms with Crippen molar-refractivity contribution in [2.24, 2.45) is 0 Å². The van der Waals surface area contributed by atoms with Crippen LogP contribution in [0.5, 0.6) is 5.88 Å². The van der Waals surface area contributed by atoms with Gasteiger partial charge >= 0.3 is 6.09 Å². The highest BCUT2D eigenvalue weighted by molar-refractivity contribution is 7.89. The fourth-order valence-corrected chi connectivity index (χ4v) is 3.47. The molecule has 0 aliphatic rings. The predicted octanol–water partition coefficient (Wildman–Crippen LogP) is 1.71. The zero-order valence-electron chi connectivity index (χ0n) is 18.0. The number of ether oxygens (including phenoxy) is 2. The lowest BCUT2D eigenvalue weighted by atomic mass is 10.1. The molecular formula is C20H29N3O7S. The molecule has 0 aliphatic heterocycles. The molecule has 0 radical (unpaired) electrons. The molecule has 0 bridgehead atoms. The maximum atomic E-state index is 12.4. The van der Waals surface area contributed by atoms with Crippen molar-refractivity contribution in [1.29, 1.82) is 0 Å². The number of benzene rings is 1. The van der Waals surface area contributed by atoms with Crippen LogP contribution in [0.1, 0.15) is 43.6 Å². The van der Waals surface area contributed by atoms with Gasteiger partial charge in [-0.1, -0.05) is 30.3 Å². The van der Waals surface area contributed by atoms with Crippen molar-refractivity contribution < 1.29 is 32.9 Å². The van der Waals surface area contributed by atoms with Gasteiger partial charge in [0.1, 0.15) is 11.6 Å². The highest BCUT2D eigenvalue weighted by Crippen LogP contribution is 2.28. The number of hydrogen-bond acceptors (Lipinski definition) is 8. The van der Waals surface area contributed by atoms with E-state index in [-0.39, 0.29) is 37.5 Å². The molecule has 0 aliphatic carbocycles. The minimum atomic E-state index is -3.92. The molecule has 2 aromatic rings. The van der Waals surface area contributed by atoms with Crippen molar-refractivity contribution >= 4 is 16.1 Å². The van der Waals surface area contributed by atoms with Crippen LogP contribution in [-0.4, -0.2) is 59.0 Å². The van der Waals surface area contributed by atoms with Crippen molar-refractivity contribution in [3.63, 3.8) is 0 Å². The van der Waals surface area contributed by atoms with Crippen LogP contribution in [0.25, 0.3) is 0 Å². The van der Waals surface area contributed by atoms with Gasteiger partial charge in [-0.2, -0.15) is 5.10 Å². The summed E-state index contributed by atoms with van der Waals surface area (Å²) in [5.74, 6) is -0.620. The van der Waals surface area contributed by atoms with Gasteiger partial charge in [0.05, 0.1) is 25.2 Å². The van der Waals surface area contributed by atoms with Gasteiger partial charge in [-0.25, -0.2) is 13.2 Å². The molecule has 0 spiro atoms. The number of aliphatic hydroxyl groups is 1. The van der Waals surface area contributed by atoms with Crippen LogP contribution >= 0.6 is 0 Å². The number of carbonyl (C=O) groups is 1. The van der Waals surface area contributed by atoms with Crippen molar-refractivity contribution in [3.05, 3.63) is 47.2 Å². The Bertz CT molecular complexity index is 982. The minimum Gasteiger partial charge on any atom is -0.493 e. The Labute approximate surface area is 181 Å². The first-order valence-electron chi connectivity index (χ1n) is 9.65. The van der Waals surface area contributed by atoms with Crippen LogP contribution < -0.4 is 5.32 Å². The van der Waals surface area contributed by atoms with E-state index in [1.54, 1.807) is 20.8 Å². The maximum absolute atomic E-state index is 12.4. The fraction of sp³-hybridized carbons (Fsp3) is 0.500. The summed E-state index contributed by atoms with van der Waals surface area (Å²) < 4.78 is 35.5. The predicted molar refractivity (Wildman–Crippen MR) is 113 cm³/mol. The zero-order valence-corrected chi connectivity index (χ0v) is 18.8. The summed E-state index contributed by atoms with van der Waals surface area (Å²) in [5.41, 5.74) is 0.300. The van der Waals surface area contributed by atoms with Crippen LogP contribution in [-0.2, 0) is 32.5 Å². The third-order valence-electron chi connectivity index (χ3n) is 4.05. The van der Waals surface area contributed by atoms with Gasteiger partial charge in [0.25, 0.3) is 10.0 Å². The van der Waals surface area contributed by atoms with Gasteiger partial charge in [-0.15, -0.1) is 4.09 Å². The maximum Gasteiger partial charge on any atom is 0.408 e. The molecule has 0 saturated carbocycles. The number of hydrogen-bond donors (Lipinski definition) is 3. The molecule has 1 heterocycles. The fourth-order valence-electron chi connectivity index (χ4n) is 2.81. The third kappa shape index (κ3) is 7.23. The molecule has 10 nitrogen and oxygen atoms in total. The van der Waals surface area contributed by atoms with E-state index < -0.39 is 33.6 Å². The molecule has 172 valence electrons. The van der Waals surface area contributed by atoms with E-state index in [1.807, 2.05) is 30.3 Å². The summed E-state index contributed by atoms with van der Waals surface area (Å²) >= 11 is 0. The molecule has 1 amide bonds. The second-order valence-corrected chi connectivity index (χ2v) is 9.78. The number of aromatic nitrogens is 2. The Hall–Kier alpha value is -2.63. The summed E-state index contributed by atoms with van der Waals surface area (Å²) in [4.78, 5) is 12.4. The van der Waals surface area contributed by atoms with E-state index in [4.69, 9.17) is 9.47 Å². The van der Waals surface area contributed by atoms with Crippen LogP contribution in [0.15, 0.2) is 30.3 Å². The van der Waals surface area contributed by atoms with Gasteiger partial charge in [0, 0.05) is 18.6 Å². The molecule has 1 aromatic heterocycles. The normalized spacial score (nSPS) is 13.1. The molecule has 31 heavy (non-hydrogen) atoms. The Morgan fingerprint density at radius 3 is 2.45 bits per heavy atom. The summed E-state index contributed by atoms with van der Waals surface area (Å²) in [7, 11) is -3.92. The van der Waals surface area contributed by atoms with Gasteiger partial charge in [-0.05, 0) is 26.3 Å². The number of nitrogens with zero attached hydrogens (tertiary/aromatic N) is 2. The summed E-state index contributed by atoms with van der Waals surface area (Å²) in [6, 6.07) is 8.41. The number of aliphatic hydroxyl groups excluding tert-OH is 1. The lowest BCUT2D eigenvalue weighted by Crippen LogP contribution is -2.37. The molecule has 0 unspecified atom stereocenters. The molecular weight excluding hydrogens is 426 g/mol. The lowest BCUT2D eigenvalue weighted by molar-refractivity contribution is 0.0423.